The van der Waals surface area contributed by atoms with Gasteiger partial charge >= 0.3 is 0 Å². The second kappa shape index (κ2) is 10.7. The van der Waals surface area contributed by atoms with Gasteiger partial charge in [-0.2, -0.15) is 0 Å². The van der Waals surface area contributed by atoms with Crippen molar-refractivity contribution in [1.82, 2.24) is 0 Å². The van der Waals surface area contributed by atoms with Crippen LogP contribution in [0.5, 0.6) is 0 Å². The predicted molar refractivity (Wildman–Crippen MR) is 157 cm³/mol. The maximum atomic E-state index is 7.53. The third-order valence-corrected chi connectivity index (χ3v) is 11.3. The summed E-state index contributed by atoms with van der Waals surface area (Å²) in [7, 11) is -0.853. The minimum Gasteiger partial charge on any atom is -0.0885 e. The number of rotatable bonds is 4. The quantitative estimate of drug-likeness (QED) is 0.302. The fourth-order valence-electron chi connectivity index (χ4n) is 6.18. The first-order valence-corrected chi connectivity index (χ1v) is 14.8. The summed E-state index contributed by atoms with van der Waals surface area (Å²) in [5, 5.41) is 4.99. The number of hydrogen-bond acceptors (Lipinski definition) is 0. The van der Waals surface area contributed by atoms with Crippen LogP contribution < -0.4 is 0 Å². The van der Waals surface area contributed by atoms with Crippen molar-refractivity contribution in [3.05, 3.63) is 115 Å². The fraction of sp³-hybridized carbons (Fsp3) is 0.375. The van der Waals surface area contributed by atoms with Crippen LogP contribution in [-0.2, 0) is 31.6 Å². The van der Waals surface area contributed by atoms with E-state index in [1.165, 1.54) is 43.8 Å². The number of hydrogen-bond donors (Lipinski definition) is 0. The molecule has 0 aromatic heterocycles. The van der Waals surface area contributed by atoms with E-state index in [2.05, 4.69) is 116 Å². The second-order valence-corrected chi connectivity index (χ2v) is 14.7. The molecule has 2 aliphatic rings. The van der Waals surface area contributed by atoms with Gasteiger partial charge in [0.25, 0.3) is 0 Å². The van der Waals surface area contributed by atoms with Crippen molar-refractivity contribution in [3.8, 4) is 0 Å². The summed E-state index contributed by atoms with van der Waals surface area (Å²) < 4.78 is 0. The van der Waals surface area contributed by atoms with E-state index in [-0.39, 0.29) is 37.0 Å². The van der Waals surface area contributed by atoms with Gasteiger partial charge in [-0.3, -0.25) is 0 Å². The first-order valence-electron chi connectivity index (χ1n) is 12.6. The molecule has 0 aliphatic heterocycles. The van der Waals surface area contributed by atoms with Crippen molar-refractivity contribution < 1.29 is 26.2 Å². The van der Waals surface area contributed by atoms with E-state index in [0.29, 0.717) is 0 Å². The molecule has 2 aromatic rings. The average molecular weight is 613 g/mol. The molecule has 0 saturated carbocycles. The van der Waals surface area contributed by atoms with Gasteiger partial charge in [0.1, 0.15) is 0 Å². The van der Waals surface area contributed by atoms with E-state index >= 15 is 0 Å². The summed E-state index contributed by atoms with van der Waals surface area (Å²) in [6.45, 7) is 18.5. The van der Waals surface area contributed by atoms with Crippen LogP contribution in [0.1, 0.15) is 72.9 Å². The van der Waals surface area contributed by atoms with Crippen LogP contribution in [0.4, 0.5) is 0 Å². The van der Waals surface area contributed by atoms with Gasteiger partial charge in [0.2, 0.25) is 0 Å². The zero-order valence-corrected chi connectivity index (χ0v) is 28.3. The summed E-state index contributed by atoms with van der Waals surface area (Å²) in [4.78, 5) is 0. The first kappa shape index (κ1) is 29.6. The second-order valence-electron chi connectivity index (χ2n) is 12.1. The van der Waals surface area contributed by atoms with Crippen LogP contribution >= 0.6 is 23.2 Å². The smallest absolute Gasteiger partial charge is 0.0883 e. The van der Waals surface area contributed by atoms with Crippen molar-refractivity contribution >= 4 is 32.7 Å². The van der Waals surface area contributed by atoms with E-state index in [4.69, 9.17) is 23.2 Å². The third kappa shape index (κ3) is 4.93. The zero-order valence-electron chi connectivity index (χ0n) is 22.9. The predicted octanol–water partition coefficient (Wildman–Crippen LogP) is 9.18. The van der Waals surface area contributed by atoms with Crippen LogP contribution in [0.15, 0.2) is 103 Å². The number of benzene rings is 2. The summed E-state index contributed by atoms with van der Waals surface area (Å²) >= 11 is 14.3. The van der Waals surface area contributed by atoms with Gasteiger partial charge in [-0.15, -0.1) is 0 Å². The molecule has 2 aromatic carbocycles. The Balaban J connectivity index is 0.00000361. The van der Waals surface area contributed by atoms with E-state index in [0.717, 1.165) is 16.5 Å². The molecule has 188 valence electrons. The minimum absolute atomic E-state index is 0. The molecule has 0 unspecified atom stereocenters. The van der Waals surface area contributed by atoms with Gasteiger partial charge < -0.3 is 0 Å². The molecule has 0 heterocycles. The first-order chi connectivity index (χ1) is 16.3. The van der Waals surface area contributed by atoms with Crippen LogP contribution in [0.25, 0.3) is 0 Å². The Labute approximate surface area is 249 Å². The Morgan fingerprint density at radius 2 is 1.17 bits per heavy atom. The van der Waals surface area contributed by atoms with Crippen molar-refractivity contribution in [2.24, 2.45) is 10.8 Å². The average Bonchev–Trinajstić information content (AvgIpc) is 3.21. The van der Waals surface area contributed by atoms with Crippen LogP contribution in [0.3, 0.4) is 0 Å². The van der Waals surface area contributed by atoms with E-state index in [1.807, 2.05) is 0 Å². The Hall–Kier alpha value is -0.920. The van der Waals surface area contributed by atoms with E-state index in [1.54, 1.807) is 0 Å². The van der Waals surface area contributed by atoms with Crippen LogP contribution in [0.2, 0.25) is 0 Å². The van der Waals surface area contributed by atoms with Gasteiger partial charge in [-0.25, -0.2) is 0 Å². The Morgan fingerprint density at radius 1 is 0.694 bits per heavy atom. The minimum atomic E-state index is -0.853. The molecule has 0 atom stereocenters. The normalized spacial score (nSPS) is 18.7. The largest absolute Gasteiger partial charge is 0.0885 e. The fourth-order valence-corrected chi connectivity index (χ4v) is 10.2. The molecule has 0 saturated heterocycles. The van der Waals surface area contributed by atoms with Gasteiger partial charge in [0.15, 0.2) is 0 Å². The zero-order chi connectivity index (χ0) is 25.8. The Morgan fingerprint density at radius 3 is 1.58 bits per heavy atom. The van der Waals surface area contributed by atoms with Gasteiger partial charge in [-0.05, 0) is 52.5 Å². The molecule has 0 fully saturated rings. The van der Waals surface area contributed by atoms with Gasteiger partial charge in [0.05, 0.1) is 14.9 Å². The standard InChI is InChI=1S/C32H38Cl2Si.Zr/c1-20-25(33)19-24(30(3,4)5)26(20)35-27-21(2)29(34)32(28(27)31(6,7)8,22-15-11-9-12-16-22)23-17-13-10-14-18-23;/h9-18H,19,35H2,1-8H3;. The number of allylic oxidation sites excluding steroid dienone is 8. The molecule has 0 bridgehead atoms. The van der Waals surface area contributed by atoms with Crippen molar-refractivity contribution in [2.45, 2.75) is 67.2 Å². The summed E-state index contributed by atoms with van der Waals surface area (Å²) in [6, 6.07) is 21.7. The summed E-state index contributed by atoms with van der Waals surface area (Å²) in [6.07, 6.45) is 0.885. The molecular formula is C32H38Cl2SiZr. The van der Waals surface area contributed by atoms with Crippen molar-refractivity contribution in [2.75, 3.05) is 0 Å². The summed E-state index contributed by atoms with van der Waals surface area (Å²) in [5.41, 5.74) is 7.54. The topological polar surface area (TPSA) is 0 Å². The molecular weight excluding hydrogens is 575 g/mol. The molecule has 0 radical (unpaired) electrons. The summed E-state index contributed by atoms with van der Waals surface area (Å²) in [5.74, 6) is 0. The Kier molecular flexibility index (Phi) is 8.79. The maximum absolute atomic E-state index is 7.53. The monoisotopic (exact) mass is 610 g/mol. The van der Waals surface area contributed by atoms with Gasteiger partial charge in [0, 0.05) is 42.7 Å². The number of halogens is 2. The van der Waals surface area contributed by atoms with Crippen molar-refractivity contribution in [3.63, 3.8) is 0 Å². The third-order valence-electron chi connectivity index (χ3n) is 7.77. The molecule has 36 heavy (non-hydrogen) atoms. The SMILES string of the molecule is CC1=C(Cl)CC(C(C)(C)C)=C1[SiH2]C1=C(C(C)(C)C)C(c2ccccc2)(c2ccccc2)C(Cl)=C1C.[Zr]. The Bertz CT molecular complexity index is 1230. The molecule has 4 rings (SSSR count). The maximum Gasteiger partial charge on any atom is 0.0883 e. The van der Waals surface area contributed by atoms with Crippen molar-refractivity contribution in [1.29, 1.82) is 0 Å². The van der Waals surface area contributed by atoms with E-state index in [9.17, 15) is 0 Å². The molecule has 0 amide bonds. The molecule has 0 nitrogen and oxygen atoms in total. The van der Waals surface area contributed by atoms with Gasteiger partial charge in [-0.1, -0.05) is 141 Å². The molecule has 0 spiro atoms. The van der Waals surface area contributed by atoms with Crippen LogP contribution in [-0.4, -0.2) is 9.52 Å². The van der Waals surface area contributed by atoms with E-state index < -0.39 is 14.9 Å². The molecule has 4 heteroatoms. The molecule has 0 N–H and O–H groups in total. The van der Waals surface area contributed by atoms with Crippen LogP contribution in [0, 0.1) is 10.8 Å². The molecule has 2 aliphatic carbocycles.